The zero-order valence-electron chi connectivity index (χ0n) is 12.9. The highest BCUT2D eigenvalue weighted by Crippen LogP contribution is 2.16. The van der Waals surface area contributed by atoms with Crippen molar-refractivity contribution in [3.8, 4) is 0 Å². The molecule has 23 heavy (non-hydrogen) atoms. The quantitative estimate of drug-likeness (QED) is 0.766. The summed E-state index contributed by atoms with van der Waals surface area (Å²) < 4.78 is 0. The van der Waals surface area contributed by atoms with E-state index < -0.39 is 0 Å². The molecule has 1 fully saturated rings. The highest BCUT2D eigenvalue weighted by atomic mass is 35.5. The molecule has 1 aromatic carbocycles. The van der Waals surface area contributed by atoms with Crippen LogP contribution >= 0.6 is 36.6 Å². The molecule has 0 radical (unpaired) electrons. The van der Waals surface area contributed by atoms with Crippen LogP contribution in [0.1, 0.15) is 25.2 Å². The first-order valence-electron chi connectivity index (χ1n) is 7.27. The minimum Gasteiger partial charge on any atom is -0.346 e. The molecule has 3 N–H and O–H groups in total. The Labute approximate surface area is 152 Å². The molecule has 2 atom stereocenters. The van der Waals surface area contributed by atoms with Crippen LogP contribution in [0.15, 0.2) is 24.3 Å². The lowest BCUT2D eigenvalue weighted by Gasteiger charge is -2.23. The Bertz CT molecular complexity index is 598. The lowest BCUT2D eigenvalue weighted by molar-refractivity contribution is -0.122. The fraction of sp³-hybridized carbons (Fsp3) is 0.467. The Morgan fingerprint density at radius 1 is 1.43 bits per heavy atom. The van der Waals surface area contributed by atoms with Crippen molar-refractivity contribution >= 4 is 53.5 Å². The van der Waals surface area contributed by atoms with Gasteiger partial charge in [-0.3, -0.25) is 4.79 Å². The summed E-state index contributed by atoms with van der Waals surface area (Å²) in [6.45, 7) is 2.94. The highest BCUT2D eigenvalue weighted by molar-refractivity contribution is 7.99. The Morgan fingerprint density at radius 3 is 2.91 bits per heavy atom. The first kappa shape index (κ1) is 20.1. The molecule has 1 aromatic heterocycles. The molecule has 8 heteroatoms. The van der Waals surface area contributed by atoms with Gasteiger partial charge in [0.1, 0.15) is 5.82 Å². The van der Waals surface area contributed by atoms with Gasteiger partial charge in [0, 0.05) is 30.5 Å². The third kappa shape index (κ3) is 5.28. The number of rotatable bonds is 4. The van der Waals surface area contributed by atoms with E-state index >= 15 is 0 Å². The van der Waals surface area contributed by atoms with Gasteiger partial charge in [0.25, 0.3) is 0 Å². The molecule has 1 amide bonds. The number of carbonyl (C=O) groups excluding carboxylic acids is 1. The highest BCUT2D eigenvalue weighted by Gasteiger charge is 2.19. The summed E-state index contributed by atoms with van der Waals surface area (Å²) in [6, 6.07) is 8.06. The number of para-hydroxylation sites is 2. The number of aromatic amines is 1. The number of hydrogen-bond acceptors (Lipinski definition) is 4. The van der Waals surface area contributed by atoms with Crippen LogP contribution < -0.4 is 10.6 Å². The third-order valence-corrected chi connectivity index (χ3v) is 4.76. The Morgan fingerprint density at radius 2 is 2.22 bits per heavy atom. The minimum atomic E-state index is -0.110. The van der Waals surface area contributed by atoms with Crippen LogP contribution in [0.3, 0.4) is 0 Å². The number of amides is 1. The number of aromatic nitrogens is 2. The van der Waals surface area contributed by atoms with E-state index in [1.54, 1.807) is 0 Å². The second-order valence-electron chi connectivity index (χ2n) is 5.36. The largest absolute Gasteiger partial charge is 0.346 e. The molecular weight excluding hydrogens is 355 g/mol. The van der Waals surface area contributed by atoms with E-state index in [9.17, 15) is 4.79 Å². The van der Waals surface area contributed by atoms with E-state index in [0.29, 0.717) is 6.42 Å². The summed E-state index contributed by atoms with van der Waals surface area (Å²) in [5.41, 5.74) is 1.93. The van der Waals surface area contributed by atoms with Crippen LogP contribution in [0.25, 0.3) is 11.0 Å². The van der Waals surface area contributed by atoms with E-state index in [4.69, 9.17) is 0 Å². The molecule has 0 aliphatic carbocycles. The van der Waals surface area contributed by atoms with Crippen LogP contribution in [-0.4, -0.2) is 40.0 Å². The van der Waals surface area contributed by atoms with Crippen molar-refractivity contribution in [1.82, 2.24) is 20.6 Å². The van der Waals surface area contributed by atoms with Gasteiger partial charge >= 0.3 is 0 Å². The van der Waals surface area contributed by atoms with E-state index in [-0.39, 0.29) is 42.8 Å². The number of H-pyrrole nitrogens is 1. The maximum Gasteiger partial charge on any atom is 0.222 e. The first-order valence-corrected chi connectivity index (χ1v) is 8.43. The minimum absolute atomic E-state index is 0. The molecule has 3 rings (SSSR count). The number of imidazole rings is 1. The molecule has 0 saturated carbocycles. The molecule has 2 heterocycles. The SMILES string of the molecule is CC(NC(=O)CC1CSCCN1)c1nc2ccccc2[nH]1.Cl.Cl. The molecule has 0 spiro atoms. The second-order valence-corrected chi connectivity index (χ2v) is 6.51. The van der Waals surface area contributed by atoms with Gasteiger partial charge in [-0.1, -0.05) is 12.1 Å². The number of carbonyl (C=O) groups is 1. The van der Waals surface area contributed by atoms with Crippen molar-refractivity contribution < 1.29 is 4.79 Å². The summed E-state index contributed by atoms with van der Waals surface area (Å²) >= 11 is 1.90. The van der Waals surface area contributed by atoms with Crippen LogP contribution in [-0.2, 0) is 4.79 Å². The molecule has 1 aliphatic heterocycles. The Balaban J connectivity index is 0.00000132. The van der Waals surface area contributed by atoms with Crippen molar-refractivity contribution in [2.75, 3.05) is 18.1 Å². The van der Waals surface area contributed by atoms with Gasteiger partial charge in [0.2, 0.25) is 5.91 Å². The molecule has 128 valence electrons. The van der Waals surface area contributed by atoms with Gasteiger partial charge in [-0.15, -0.1) is 24.8 Å². The third-order valence-electron chi connectivity index (χ3n) is 3.63. The van der Waals surface area contributed by atoms with Crippen molar-refractivity contribution in [1.29, 1.82) is 0 Å². The number of benzene rings is 1. The average Bonchev–Trinajstić information content (AvgIpc) is 2.92. The van der Waals surface area contributed by atoms with Gasteiger partial charge in [-0.25, -0.2) is 4.98 Å². The lowest BCUT2D eigenvalue weighted by atomic mass is 10.2. The Kier molecular flexibility index (Phi) is 8.19. The van der Waals surface area contributed by atoms with E-state index in [1.165, 1.54) is 0 Å². The first-order chi connectivity index (χ1) is 10.2. The Hall–Kier alpha value is -0.950. The van der Waals surface area contributed by atoms with Gasteiger partial charge in [-0.05, 0) is 19.1 Å². The van der Waals surface area contributed by atoms with Crippen molar-refractivity contribution in [2.45, 2.75) is 25.4 Å². The monoisotopic (exact) mass is 376 g/mol. The van der Waals surface area contributed by atoms with Gasteiger partial charge in [0.15, 0.2) is 0 Å². The van der Waals surface area contributed by atoms with E-state index in [0.717, 1.165) is 34.9 Å². The van der Waals surface area contributed by atoms with Crippen molar-refractivity contribution in [3.63, 3.8) is 0 Å². The summed E-state index contributed by atoms with van der Waals surface area (Å²) in [7, 11) is 0. The lowest BCUT2D eigenvalue weighted by Crippen LogP contribution is -2.41. The topological polar surface area (TPSA) is 69.8 Å². The molecule has 2 aromatic rings. The normalized spacial score (nSPS) is 18.6. The van der Waals surface area contributed by atoms with Crippen LogP contribution in [0.5, 0.6) is 0 Å². The van der Waals surface area contributed by atoms with Gasteiger partial charge in [-0.2, -0.15) is 11.8 Å². The molecule has 2 unspecified atom stereocenters. The van der Waals surface area contributed by atoms with E-state index in [1.807, 2.05) is 43.0 Å². The average molecular weight is 377 g/mol. The summed E-state index contributed by atoms with van der Waals surface area (Å²) in [5, 5.41) is 6.40. The van der Waals surface area contributed by atoms with Crippen LogP contribution in [0, 0.1) is 0 Å². The molecular formula is C15H22Cl2N4OS. The molecule has 0 bridgehead atoms. The predicted octanol–water partition coefficient (Wildman–Crippen LogP) is 2.68. The molecule has 5 nitrogen and oxygen atoms in total. The van der Waals surface area contributed by atoms with Gasteiger partial charge < -0.3 is 15.6 Å². The zero-order valence-corrected chi connectivity index (χ0v) is 15.3. The zero-order chi connectivity index (χ0) is 14.7. The van der Waals surface area contributed by atoms with Crippen molar-refractivity contribution in [2.24, 2.45) is 0 Å². The van der Waals surface area contributed by atoms with E-state index in [2.05, 4.69) is 20.6 Å². The number of hydrogen-bond donors (Lipinski definition) is 3. The van der Waals surface area contributed by atoms with Crippen LogP contribution in [0.2, 0.25) is 0 Å². The number of halogens is 2. The summed E-state index contributed by atoms with van der Waals surface area (Å²) in [4.78, 5) is 19.9. The number of nitrogens with one attached hydrogen (secondary N) is 3. The number of nitrogens with zero attached hydrogens (tertiary/aromatic N) is 1. The van der Waals surface area contributed by atoms with Crippen LogP contribution in [0.4, 0.5) is 0 Å². The van der Waals surface area contributed by atoms with Crippen molar-refractivity contribution in [3.05, 3.63) is 30.1 Å². The fourth-order valence-corrected chi connectivity index (χ4v) is 3.47. The fourth-order valence-electron chi connectivity index (χ4n) is 2.52. The summed E-state index contributed by atoms with van der Waals surface area (Å²) in [6.07, 6.45) is 0.525. The second kappa shape index (κ2) is 9.37. The maximum absolute atomic E-state index is 12.1. The molecule has 1 saturated heterocycles. The molecule has 1 aliphatic rings. The maximum atomic E-state index is 12.1. The summed E-state index contributed by atoms with van der Waals surface area (Å²) in [5.74, 6) is 3.01. The standard InChI is InChI=1S/C15H20N4OS.2ClH/c1-10(15-18-12-4-2-3-5-13(12)19-15)17-14(20)8-11-9-21-7-6-16-11;;/h2-5,10-11,16H,6-9H2,1H3,(H,17,20)(H,18,19);2*1H. The number of thioether (sulfide) groups is 1. The predicted molar refractivity (Wildman–Crippen MR) is 101 cm³/mol. The smallest absolute Gasteiger partial charge is 0.222 e. The van der Waals surface area contributed by atoms with Gasteiger partial charge in [0.05, 0.1) is 17.1 Å². The number of fused-ring (bicyclic) bond motifs is 1.